The Kier molecular flexibility index (Phi) is 4.07. The Labute approximate surface area is 109 Å². The molecule has 0 aromatic carbocycles. The molecule has 1 fully saturated rings. The van der Waals surface area contributed by atoms with E-state index in [1.807, 2.05) is 13.0 Å². The van der Waals surface area contributed by atoms with Gasteiger partial charge >= 0.3 is 0 Å². The van der Waals surface area contributed by atoms with E-state index in [4.69, 9.17) is 5.73 Å². The summed E-state index contributed by atoms with van der Waals surface area (Å²) in [5, 5.41) is 0. The molecule has 1 aliphatic rings. The van der Waals surface area contributed by atoms with Crippen LogP contribution in [0.1, 0.15) is 25.5 Å². The smallest absolute Gasteiger partial charge is 0.206 e. The predicted octanol–water partition coefficient (Wildman–Crippen LogP) is 1.94. The first-order chi connectivity index (χ1) is 8.65. The van der Waals surface area contributed by atoms with Gasteiger partial charge in [-0.15, -0.1) is 6.58 Å². The van der Waals surface area contributed by atoms with Gasteiger partial charge in [0.2, 0.25) is 5.95 Å². The zero-order valence-electron chi connectivity index (χ0n) is 11.5. The Balaban J connectivity index is 2.25. The number of allylic oxidation sites excluding steroid dienone is 1. The van der Waals surface area contributed by atoms with Crippen molar-refractivity contribution in [3.05, 3.63) is 24.5 Å². The van der Waals surface area contributed by atoms with Crippen LogP contribution in [0.4, 0.5) is 5.95 Å². The van der Waals surface area contributed by atoms with Crippen molar-refractivity contribution in [2.45, 2.75) is 39.3 Å². The molecule has 4 nitrogen and oxygen atoms in total. The van der Waals surface area contributed by atoms with Gasteiger partial charge in [0, 0.05) is 25.3 Å². The lowest BCUT2D eigenvalue weighted by atomic mass is 9.94. The SMILES string of the molecule is C=CCn1cc(C)nc1N1CC(CN)CCC1C. The maximum Gasteiger partial charge on any atom is 0.206 e. The largest absolute Gasteiger partial charge is 0.339 e. The van der Waals surface area contributed by atoms with Gasteiger partial charge in [0.15, 0.2) is 0 Å². The molecule has 18 heavy (non-hydrogen) atoms. The fourth-order valence-corrected chi connectivity index (χ4v) is 2.69. The highest BCUT2D eigenvalue weighted by molar-refractivity contribution is 5.36. The van der Waals surface area contributed by atoms with Crippen molar-refractivity contribution in [2.75, 3.05) is 18.0 Å². The summed E-state index contributed by atoms with van der Waals surface area (Å²) >= 11 is 0. The highest BCUT2D eigenvalue weighted by Crippen LogP contribution is 2.26. The molecule has 1 aliphatic heterocycles. The number of anilines is 1. The minimum atomic E-state index is 0.540. The number of rotatable bonds is 4. The minimum Gasteiger partial charge on any atom is -0.339 e. The van der Waals surface area contributed by atoms with Gasteiger partial charge in [0.1, 0.15) is 0 Å². The maximum atomic E-state index is 5.82. The Morgan fingerprint density at radius 2 is 2.33 bits per heavy atom. The number of hydrogen-bond donors (Lipinski definition) is 1. The summed E-state index contributed by atoms with van der Waals surface area (Å²) in [4.78, 5) is 7.07. The number of imidazole rings is 1. The molecule has 2 N–H and O–H groups in total. The van der Waals surface area contributed by atoms with Gasteiger partial charge in [-0.1, -0.05) is 6.08 Å². The minimum absolute atomic E-state index is 0.540. The van der Waals surface area contributed by atoms with Crippen LogP contribution in [0, 0.1) is 12.8 Å². The van der Waals surface area contributed by atoms with Crippen LogP contribution >= 0.6 is 0 Å². The van der Waals surface area contributed by atoms with Gasteiger partial charge in [-0.25, -0.2) is 4.98 Å². The van der Waals surface area contributed by atoms with E-state index in [1.54, 1.807) is 0 Å². The van der Waals surface area contributed by atoms with Crippen molar-refractivity contribution < 1.29 is 0 Å². The van der Waals surface area contributed by atoms with Crippen LogP contribution < -0.4 is 10.6 Å². The second-order valence-electron chi connectivity index (χ2n) is 5.30. The molecule has 0 bridgehead atoms. The molecule has 0 spiro atoms. The van der Waals surface area contributed by atoms with E-state index in [0.29, 0.717) is 12.0 Å². The number of hydrogen-bond acceptors (Lipinski definition) is 3. The van der Waals surface area contributed by atoms with Gasteiger partial charge in [-0.05, 0) is 39.2 Å². The molecule has 2 heterocycles. The summed E-state index contributed by atoms with van der Waals surface area (Å²) < 4.78 is 2.18. The fourth-order valence-electron chi connectivity index (χ4n) is 2.69. The molecule has 0 radical (unpaired) electrons. The van der Waals surface area contributed by atoms with Gasteiger partial charge in [-0.2, -0.15) is 0 Å². The van der Waals surface area contributed by atoms with E-state index in [2.05, 4.69) is 34.2 Å². The maximum absolute atomic E-state index is 5.82. The lowest BCUT2D eigenvalue weighted by Gasteiger charge is -2.38. The molecule has 4 heteroatoms. The number of nitrogens with two attached hydrogens (primary N) is 1. The van der Waals surface area contributed by atoms with Crippen molar-refractivity contribution in [2.24, 2.45) is 11.7 Å². The molecular weight excluding hydrogens is 224 g/mol. The molecule has 0 aliphatic carbocycles. The van der Waals surface area contributed by atoms with E-state index in [-0.39, 0.29) is 0 Å². The summed E-state index contributed by atoms with van der Waals surface area (Å²) in [6, 6.07) is 0.540. The van der Waals surface area contributed by atoms with Crippen LogP contribution in [0.2, 0.25) is 0 Å². The Bertz CT molecular complexity index is 410. The number of aryl methyl sites for hydroxylation is 1. The number of nitrogens with zero attached hydrogens (tertiary/aromatic N) is 3. The molecular formula is C14H24N4. The molecule has 2 rings (SSSR count). The summed E-state index contributed by atoms with van der Waals surface area (Å²) in [5.74, 6) is 1.66. The van der Waals surface area contributed by atoms with Crippen molar-refractivity contribution in [3.63, 3.8) is 0 Å². The Morgan fingerprint density at radius 1 is 1.56 bits per heavy atom. The highest BCUT2D eigenvalue weighted by atomic mass is 15.3. The lowest BCUT2D eigenvalue weighted by molar-refractivity contribution is 0.367. The van der Waals surface area contributed by atoms with Crippen LogP contribution in [0.5, 0.6) is 0 Å². The summed E-state index contributed by atoms with van der Waals surface area (Å²) in [6.45, 7) is 10.7. The van der Waals surface area contributed by atoms with Crippen molar-refractivity contribution >= 4 is 5.95 Å². The Hall–Kier alpha value is -1.29. The van der Waals surface area contributed by atoms with Crippen molar-refractivity contribution in [1.82, 2.24) is 9.55 Å². The lowest BCUT2D eigenvalue weighted by Crippen LogP contribution is -2.45. The molecule has 100 valence electrons. The molecule has 1 aromatic rings. The number of piperidine rings is 1. The summed E-state index contributed by atoms with van der Waals surface area (Å²) in [6.07, 6.45) is 6.44. The summed E-state index contributed by atoms with van der Waals surface area (Å²) in [5.41, 5.74) is 6.88. The molecule has 1 aromatic heterocycles. The van der Waals surface area contributed by atoms with E-state index >= 15 is 0 Å². The molecule has 0 saturated carbocycles. The first-order valence-corrected chi connectivity index (χ1v) is 6.77. The second-order valence-corrected chi connectivity index (χ2v) is 5.30. The zero-order valence-corrected chi connectivity index (χ0v) is 11.5. The second kappa shape index (κ2) is 5.57. The molecule has 2 unspecified atom stereocenters. The average molecular weight is 248 g/mol. The Morgan fingerprint density at radius 3 is 3.00 bits per heavy atom. The molecule has 1 saturated heterocycles. The summed E-state index contributed by atoms with van der Waals surface area (Å²) in [7, 11) is 0. The standard InChI is InChI=1S/C14H24N4/c1-4-7-17-9-11(2)16-14(17)18-10-13(8-15)6-5-12(18)3/h4,9,12-13H,1,5-8,10,15H2,2-3H3. The highest BCUT2D eigenvalue weighted by Gasteiger charge is 2.27. The van der Waals surface area contributed by atoms with Gasteiger partial charge < -0.3 is 15.2 Å². The van der Waals surface area contributed by atoms with Crippen molar-refractivity contribution in [1.29, 1.82) is 0 Å². The van der Waals surface area contributed by atoms with Crippen LogP contribution in [0.25, 0.3) is 0 Å². The number of aromatic nitrogens is 2. The van der Waals surface area contributed by atoms with Crippen LogP contribution in [-0.4, -0.2) is 28.7 Å². The predicted molar refractivity (Wildman–Crippen MR) is 75.7 cm³/mol. The van der Waals surface area contributed by atoms with E-state index in [0.717, 1.165) is 31.3 Å². The first-order valence-electron chi connectivity index (χ1n) is 6.77. The first kappa shape index (κ1) is 13.1. The van der Waals surface area contributed by atoms with Gasteiger partial charge in [-0.3, -0.25) is 0 Å². The third-order valence-electron chi connectivity index (χ3n) is 3.77. The van der Waals surface area contributed by atoms with E-state index in [9.17, 15) is 0 Å². The fraction of sp³-hybridized carbons (Fsp3) is 0.643. The third kappa shape index (κ3) is 2.58. The quantitative estimate of drug-likeness (QED) is 0.828. The van der Waals surface area contributed by atoms with Crippen LogP contribution in [0.3, 0.4) is 0 Å². The molecule has 0 amide bonds. The van der Waals surface area contributed by atoms with Gasteiger partial charge in [0.05, 0.1) is 5.69 Å². The molecule has 2 atom stereocenters. The topological polar surface area (TPSA) is 47.1 Å². The van der Waals surface area contributed by atoms with E-state index in [1.165, 1.54) is 12.8 Å². The average Bonchev–Trinajstić information content (AvgIpc) is 2.71. The van der Waals surface area contributed by atoms with Crippen molar-refractivity contribution in [3.8, 4) is 0 Å². The zero-order chi connectivity index (χ0) is 13.1. The van der Waals surface area contributed by atoms with Crippen LogP contribution in [0.15, 0.2) is 18.9 Å². The van der Waals surface area contributed by atoms with Crippen LogP contribution in [-0.2, 0) is 6.54 Å². The monoisotopic (exact) mass is 248 g/mol. The normalized spacial score (nSPS) is 24.3. The third-order valence-corrected chi connectivity index (χ3v) is 3.77. The van der Waals surface area contributed by atoms with E-state index < -0.39 is 0 Å². The van der Waals surface area contributed by atoms with Gasteiger partial charge in [0.25, 0.3) is 0 Å².